The molecule has 0 saturated heterocycles. The minimum atomic E-state index is -0.0501. The fourth-order valence-electron chi connectivity index (χ4n) is 3.75. The van der Waals surface area contributed by atoms with Crippen molar-refractivity contribution in [1.82, 2.24) is 10.2 Å². The number of fused-ring (bicyclic) bond motifs is 1. The van der Waals surface area contributed by atoms with E-state index in [-0.39, 0.29) is 11.9 Å². The van der Waals surface area contributed by atoms with Crippen molar-refractivity contribution in [3.63, 3.8) is 0 Å². The predicted molar refractivity (Wildman–Crippen MR) is 98.1 cm³/mol. The first-order chi connectivity index (χ1) is 12.1. The molecule has 1 fully saturated rings. The number of hydrogen-bond acceptors (Lipinski definition) is 4. The van der Waals surface area contributed by atoms with E-state index in [1.807, 2.05) is 25.1 Å². The molecule has 1 heterocycles. The smallest absolute Gasteiger partial charge is 0.234 e. The minimum absolute atomic E-state index is 0.0501. The highest BCUT2D eigenvalue weighted by Crippen LogP contribution is 2.32. The summed E-state index contributed by atoms with van der Waals surface area (Å²) in [6.45, 7) is 3.63. The summed E-state index contributed by atoms with van der Waals surface area (Å²) in [5.41, 5.74) is 1.04. The van der Waals surface area contributed by atoms with E-state index in [4.69, 9.17) is 9.47 Å². The zero-order valence-electron chi connectivity index (χ0n) is 15.4. The topological polar surface area (TPSA) is 50.8 Å². The molecular weight excluding hydrogens is 316 g/mol. The molecule has 1 saturated carbocycles. The summed E-state index contributed by atoms with van der Waals surface area (Å²) in [4.78, 5) is 14.7. The van der Waals surface area contributed by atoms with Crippen LogP contribution in [0.15, 0.2) is 18.2 Å². The number of hydrogen-bond donors (Lipinski definition) is 1. The fourth-order valence-corrected chi connectivity index (χ4v) is 3.75. The Morgan fingerprint density at radius 2 is 1.84 bits per heavy atom. The molecule has 5 heteroatoms. The second-order valence-corrected chi connectivity index (χ2v) is 7.25. The average molecular weight is 346 g/mol. The maximum atomic E-state index is 12.4. The first-order valence-corrected chi connectivity index (χ1v) is 9.52. The van der Waals surface area contributed by atoms with Crippen LogP contribution in [-0.2, 0) is 4.79 Å². The number of nitrogens with zero attached hydrogens (tertiary/aromatic N) is 1. The number of rotatable bonds is 5. The van der Waals surface area contributed by atoms with Crippen molar-refractivity contribution in [2.24, 2.45) is 0 Å². The van der Waals surface area contributed by atoms with Crippen molar-refractivity contribution in [1.29, 1.82) is 0 Å². The molecule has 5 nitrogen and oxygen atoms in total. The number of likely N-dealkylation sites (N-methyl/N-ethyl adjacent to an activating group) is 1. The molecule has 1 aliphatic carbocycles. The molecule has 0 bridgehead atoms. The van der Waals surface area contributed by atoms with Gasteiger partial charge in [0.1, 0.15) is 13.2 Å². The third kappa shape index (κ3) is 4.88. The fraction of sp³-hybridized carbons (Fsp3) is 0.650. The van der Waals surface area contributed by atoms with Gasteiger partial charge in [-0.1, -0.05) is 31.7 Å². The van der Waals surface area contributed by atoms with E-state index >= 15 is 0 Å². The van der Waals surface area contributed by atoms with Gasteiger partial charge in [-0.05, 0) is 44.5 Å². The van der Waals surface area contributed by atoms with Gasteiger partial charge in [-0.25, -0.2) is 0 Å². The molecule has 3 rings (SSSR count). The lowest BCUT2D eigenvalue weighted by Gasteiger charge is -2.27. The van der Waals surface area contributed by atoms with E-state index in [0.717, 1.165) is 17.1 Å². The Kier molecular flexibility index (Phi) is 6.19. The molecule has 0 spiro atoms. The summed E-state index contributed by atoms with van der Waals surface area (Å²) in [7, 11) is 2.07. The summed E-state index contributed by atoms with van der Waals surface area (Å²) in [6, 6.07) is 6.37. The SMILES string of the molecule is CC(NC(=O)CN(C)C1CCCCCC1)c1ccc2c(c1)OCCO2. The van der Waals surface area contributed by atoms with E-state index < -0.39 is 0 Å². The highest BCUT2D eigenvalue weighted by atomic mass is 16.6. The summed E-state index contributed by atoms with van der Waals surface area (Å²) < 4.78 is 11.2. The molecule has 1 amide bonds. The summed E-state index contributed by atoms with van der Waals surface area (Å²) in [6.07, 6.45) is 7.65. The summed E-state index contributed by atoms with van der Waals surface area (Å²) in [5.74, 6) is 1.62. The third-order valence-corrected chi connectivity index (χ3v) is 5.28. The van der Waals surface area contributed by atoms with Crippen LogP contribution in [0.3, 0.4) is 0 Å². The summed E-state index contributed by atoms with van der Waals surface area (Å²) >= 11 is 0. The highest BCUT2D eigenvalue weighted by molar-refractivity contribution is 5.78. The predicted octanol–water partition coefficient (Wildman–Crippen LogP) is 3.29. The van der Waals surface area contributed by atoms with Gasteiger partial charge < -0.3 is 14.8 Å². The van der Waals surface area contributed by atoms with Gasteiger partial charge >= 0.3 is 0 Å². The molecule has 0 aromatic heterocycles. The van der Waals surface area contributed by atoms with E-state index in [9.17, 15) is 4.79 Å². The van der Waals surface area contributed by atoms with Crippen molar-refractivity contribution in [2.45, 2.75) is 57.5 Å². The van der Waals surface area contributed by atoms with Crippen LogP contribution in [0.2, 0.25) is 0 Å². The maximum absolute atomic E-state index is 12.4. The minimum Gasteiger partial charge on any atom is -0.486 e. The quantitative estimate of drug-likeness (QED) is 0.831. The number of carbonyl (C=O) groups is 1. The lowest BCUT2D eigenvalue weighted by Crippen LogP contribution is -2.41. The monoisotopic (exact) mass is 346 g/mol. The van der Waals surface area contributed by atoms with Crippen molar-refractivity contribution < 1.29 is 14.3 Å². The molecule has 25 heavy (non-hydrogen) atoms. The molecule has 1 aromatic rings. The van der Waals surface area contributed by atoms with Gasteiger partial charge in [-0.15, -0.1) is 0 Å². The molecule has 1 atom stereocenters. The van der Waals surface area contributed by atoms with Crippen molar-refractivity contribution in [3.05, 3.63) is 23.8 Å². The largest absolute Gasteiger partial charge is 0.486 e. The highest BCUT2D eigenvalue weighted by Gasteiger charge is 2.20. The molecule has 2 aliphatic rings. The van der Waals surface area contributed by atoms with Crippen LogP contribution in [0.4, 0.5) is 0 Å². The Hall–Kier alpha value is -1.75. The molecule has 1 N–H and O–H groups in total. The van der Waals surface area contributed by atoms with Crippen molar-refractivity contribution >= 4 is 5.91 Å². The van der Waals surface area contributed by atoms with Crippen molar-refractivity contribution in [2.75, 3.05) is 26.8 Å². The molecule has 1 aromatic carbocycles. The molecule has 1 unspecified atom stereocenters. The van der Waals surface area contributed by atoms with Crippen molar-refractivity contribution in [3.8, 4) is 11.5 Å². The lowest BCUT2D eigenvalue weighted by molar-refractivity contribution is -0.123. The zero-order valence-corrected chi connectivity index (χ0v) is 15.4. The van der Waals surface area contributed by atoms with Crippen LogP contribution in [-0.4, -0.2) is 43.7 Å². The number of amides is 1. The van der Waals surface area contributed by atoms with Crippen LogP contribution in [0.25, 0.3) is 0 Å². The third-order valence-electron chi connectivity index (χ3n) is 5.28. The van der Waals surface area contributed by atoms with Crippen LogP contribution >= 0.6 is 0 Å². The lowest BCUT2D eigenvalue weighted by atomic mass is 10.1. The van der Waals surface area contributed by atoms with Gasteiger partial charge in [0.25, 0.3) is 0 Å². The maximum Gasteiger partial charge on any atom is 0.234 e. The van der Waals surface area contributed by atoms with E-state index in [0.29, 0.717) is 25.8 Å². The van der Waals surface area contributed by atoms with E-state index in [2.05, 4.69) is 17.3 Å². The van der Waals surface area contributed by atoms with Crippen LogP contribution in [0, 0.1) is 0 Å². The Bertz CT molecular complexity index is 582. The number of carbonyl (C=O) groups excluding carboxylic acids is 1. The van der Waals surface area contributed by atoms with Crippen LogP contribution < -0.4 is 14.8 Å². The number of benzene rings is 1. The zero-order chi connectivity index (χ0) is 17.6. The second kappa shape index (κ2) is 8.56. The van der Waals surface area contributed by atoms with Gasteiger partial charge in [-0.2, -0.15) is 0 Å². The van der Waals surface area contributed by atoms with E-state index in [1.165, 1.54) is 38.5 Å². The Morgan fingerprint density at radius 1 is 1.16 bits per heavy atom. The summed E-state index contributed by atoms with van der Waals surface area (Å²) in [5, 5.41) is 3.11. The first kappa shape index (κ1) is 18.1. The number of ether oxygens (including phenoxy) is 2. The van der Waals surface area contributed by atoms with Gasteiger partial charge in [0.2, 0.25) is 5.91 Å². The van der Waals surface area contributed by atoms with E-state index in [1.54, 1.807) is 0 Å². The Labute approximate surface area is 150 Å². The standard InChI is InChI=1S/C20H30N2O3/c1-15(16-9-10-18-19(13-16)25-12-11-24-18)21-20(23)14-22(2)17-7-5-3-4-6-8-17/h9-10,13,15,17H,3-8,11-12,14H2,1-2H3,(H,21,23). The Morgan fingerprint density at radius 3 is 2.56 bits per heavy atom. The van der Waals surface area contributed by atoms with Gasteiger partial charge in [0.15, 0.2) is 11.5 Å². The van der Waals surface area contributed by atoms with Gasteiger partial charge in [-0.3, -0.25) is 9.69 Å². The number of nitrogens with one attached hydrogen (secondary N) is 1. The Balaban J connectivity index is 1.53. The molecule has 138 valence electrons. The van der Waals surface area contributed by atoms with Gasteiger partial charge in [0.05, 0.1) is 12.6 Å². The normalized spacial score (nSPS) is 19.3. The molecule has 0 radical (unpaired) electrons. The first-order valence-electron chi connectivity index (χ1n) is 9.52. The molecular formula is C20H30N2O3. The average Bonchev–Trinajstić information content (AvgIpc) is 2.90. The molecule has 1 aliphatic heterocycles. The second-order valence-electron chi connectivity index (χ2n) is 7.25. The van der Waals surface area contributed by atoms with Gasteiger partial charge in [0, 0.05) is 6.04 Å². The van der Waals surface area contributed by atoms with Crippen LogP contribution in [0.5, 0.6) is 11.5 Å². The van der Waals surface area contributed by atoms with Crippen LogP contribution in [0.1, 0.15) is 57.1 Å².